The van der Waals surface area contributed by atoms with Crippen molar-refractivity contribution in [3.8, 4) is 11.5 Å². The molecule has 3 aromatic carbocycles. The number of hydrogen-bond acceptors (Lipinski definition) is 2. The van der Waals surface area contributed by atoms with E-state index in [0.717, 1.165) is 44.1 Å². The van der Waals surface area contributed by atoms with Crippen LogP contribution in [0.1, 0.15) is 0 Å². The molecule has 4 rings (SSSR count). The summed E-state index contributed by atoms with van der Waals surface area (Å²) in [4.78, 5) is 0. The molecule has 0 aliphatic carbocycles. The van der Waals surface area contributed by atoms with E-state index in [1.807, 2.05) is 35.9 Å². The van der Waals surface area contributed by atoms with Gasteiger partial charge in [0, 0.05) is 28.7 Å². The van der Waals surface area contributed by atoms with E-state index in [2.05, 4.69) is 0 Å². The van der Waals surface area contributed by atoms with E-state index in [1.165, 1.54) is 6.07 Å². The second-order valence-corrected chi connectivity index (χ2v) is 5.56. The molecule has 1 aromatic heterocycles. The average Bonchev–Trinajstić information content (AvgIpc) is 2.85. The van der Waals surface area contributed by atoms with Crippen LogP contribution in [0.3, 0.4) is 0 Å². The Morgan fingerprint density at radius 3 is 2.17 bits per heavy atom. The fourth-order valence-electron chi connectivity index (χ4n) is 3.47. The third kappa shape index (κ3) is 1.75. The van der Waals surface area contributed by atoms with Crippen LogP contribution in [-0.4, -0.2) is 18.8 Å². The maximum absolute atomic E-state index is 13.8. The molecule has 23 heavy (non-hydrogen) atoms. The predicted octanol–water partition coefficient (Wildman–Crippen LogP) is 4.64. The third-order valence-electron chi connectivity index (χ3n) is 4.43. The van der Waals surface area contributed by atoms with E-state index < -0.39 is 0 Å². The Balaban J connectivity index is 2.40. The van der Waals surface area contributed by atoms with Gasteiger partial charge in [-0.05, 0) is 18.2 Å². The van der Waals surface area contributed by atoms with Gasteiger partial charge in [-0.3, -0.25) is 0 Å². The smallest absolute Gasteiger partial charge is 0.151 e. The number of aromatic nitrogens is 1. The van der Waals surface area contributed by atoms with E-state index in [0.29, 0.717) is 0 Å². The average molecular weight is 309 g/mol. The molecule has 0 radical (unpaired) electrons. The second-order valence-electron chi connectivity index (χ2n) is 5.56. The standard InChI is InChI=1S/C19H16FNO2/c1-21-15-9-8-11(20)10-14(15)16-17(21)19(23-3)13-7-5-4-6-12(13)18(16)22-2/h4-10H,1-3H3. The van der Waals surface area contributed by atoms with E-state index in [4.69, 9.17) is 9.47 Å². The Labute approximate surface area is 132 Å². The quantitative estimate of drug-likeness (QED) is 0.538. The topological polar surface area (TPSA) is 23.4 Å². The highest BCUT2D eigenvalue weighted by atomic mass is 19.1. The molecule has 0 atom stereocenters. The Hall–Kier alpha value is -2.75. The summed E-state index contributed by atoms with van der Waals surface area (Å²) in [6.07, 6.45) is 0. The summed E-state index contributed by atoms with van der Waals surface area (Å²) in [6.45, 7) is 0. The molecule has 0 aliphatic heterocycles. The fourth-order valence-corrected chi connectivity index (χ4v) is 3.47. The van der Waals surface area contributed by atoms with Crippen molar-refractivity contribution in [3.05, 3.63) is 48.3 Å². The van der Waals surface area contributed by atoms with Gasteiger partial charge in [0.25, 0.3) is 0 Å². The van der Waals surface area contributed by atoms with Crippen LogP contribution in [0.5, 0.6) is 11.5 Å². The highest BCUT2D eigenvalue weighted by Crippen LogP contribution is 2.46. The van der Waals surface area contributed by atoms with Gasteiger partial charge in [0.05, 0.1) is 25.1 Å². The normalized spacial score (nSPS) is 11.5. The van der Waals surface area contributed by atoms with Gasteiger partial charge in [-0.25, -0.2) is 4.39 Å². The molecule has 0 saturated carbocycles. The summed E-state index contributed by atoms with van der Waals surface area (Å²) in [5, 5.41) is 3.63. The number of aryl methyl sites for hydroxylation is 1. The molecule has 0 saturated heterocycles. The largest absolute Gasteiger partial charge is 0.495 e. The predicted molar refractivity (Wildman–Crippen MR) is 91.0 cm³/mol. The van der Waals surface area contributed by atoms with Gasteiger partial charge in [-0.15, -0.1) is 0 Å². The first-order valence-electron chi connectivity index (χ1n) is 7.37. The van der Waals surface area contributed by atoms with Crippen molar-refractivity contribution in [2.75, 3.05) is 14.2 Å². The van der Waals surface area contributed by atoms with Gasteiger partial charge >= 0.3 is 0 Å². The van der Waals surface area contributed by atoms with Crippen LogP contribution in [0.25, 0.3) is 32.6 Å². The molecule has 116 valence electrons. The molecule has 3 nitrogen and oxygen atoms in total. The number of rotatable bonds is 2. The molecule has 0 bridgehead atoms. The van der Waals surface area contributed by atoms with Gasteiger partial charge in [0.1, 0.15) is 11.6 Å². The molecular formula is C19H16FNO2. The van der Waals surface area contributed by atoms with Crippen molar-refractivity contribution in [1.82, 2.24) is 4.57 Å². The molecule has 4 aromatic rings. The van der Waals surface area contributed by atoms with E-state index in [9.17, 15) is 4.39 Å². The van der Waals surface area contributed by atoms with Gasteiger partial charge in [-0.2, -0.15) is 0 Å². The van der Waals surface area contributed by atoms with E-state index in [-0.39, 0.29) is 5.82 Å². The third-order valence-corrected chi connectivity index (χ3v) is 4.43. The first-order chi connectivity index (χ1) is 11.2. The zero-order valence-corrected chi connectivity index (χ0v) is 13.2. The zero-order chi connectivity index (χ0) is 16.1. The summed E-state index contributed by atoms with van der Waals surface area (Å²) in [5.74, 6) is 1.25. The first kappa shape index (κ1) is 13.9. The minimum absolute atomic E-state index is 0.265. The summed E-state index contributed by atoms with van der Waals surface area (Å²) in [6, 6.07) is 12.7. The van der Waals surface area contributed by atoms with Crippen LogP contribution < -0.4 is 9.47 Å². The molecule has 4 heteroatoms. The molecule has 1 heterocycles. The van der Waals surface area contributed by atoms with Gasteiger partial charge < -0.3 is 14.0 Å². The van der Waals surface area contributed by atoms with Crippen LogP contribution >= 0.6 is 0 Å². The van der Waals surface area contributed by atoms with E-state index in [1.54, 1.807) is 26.4 Å². The van der Waals surface area contributed by atoms with Crippen LogP contribution in [-0.2, 0) is 7.05 Å². The van der Waals surface area contributed by atoms with Gasteiger partial charge in [-0.1, -0.05) is 24.3 Å². The fraction of sp³-hybridized carbons (Fsp3) is 0.158. The summed E-state index contributed by atoms with van der Waals surface area (Å²) >= 11 is 0. The molecule has 0 fully saturated rings. The van der Waals surface area contributed by atoms with Crippen LogP contribution in [0.15, 0.2) is 42.5 Å². The monoisotopic (exact) mass is 309 g/mol. The number of nitrogens with zero attached hydrogens (tertiary/aromatic N) is 1. The molecule has 0 N–H and O–H groups in total. The maximum Gasteiger partial charge on any atom is 0.151 e. The Morgan fingerprint density at radius 1 is 0.870 bits per heavy atom. The minimum Gasteiger partial charge on any atom is -0.495 e. The van der Waals surface area contributed by atoms with Crippen LogP contribution in [0.2, 0.25) is 0 Å². The Bertz CT molecular complexity index is 1070. The van der Waals surface area contributed by atoms with Crippen molar-refractivity contribution >= 4 is 32.6 Å². The lowest BCUT2D eigenvalue weighted by molar-refractivity contribution is 0.416. The van der Waals surface area contributed by atoms with Crippen molar-refractivity contribution in [2.24, 2.45) is 7.05 Å². The molecule has 0 aliphatic rings. The zero-order valence-electron chi connectivity index (χ0n) is 13.2. The lowest BCUT2D eigenvalue weighted by Gasteiger charge is -2.13. The summed E-state index contributed by atoms with van der Waals surface area (Å²) in [5.41, 5.74) is 1.84. The number of fused-ring (bicyclic) bond motifs is 4. The van der Waals surface area contributed by atoms with Gasteiger partial charge in [0.15, 0.2) is 5.75 Å². The van der Waals surface area contributed by atoms with Crippen molar-refractivity contribution in [3.63, 3.8) is 0 Å². The maximum atomic E-state index is 13.8. The molecule has 0 unspecified atom stereocenters. The number of hydrogen-bond donors (Lipinski definition) is 0. The second kappa shape index (κ2) is 4.88. The van der Waals surface area contributed by atoms with Crippen molar-refractivity contribution in [1.29, 1.82) is 0 Å². The van der Waals surface area contributed by atoms with Crippen LogP contribution in [0, 0.1) is 5.82 Å². The lowest BCUT2D eigenvalue weighted by Crippen LogP contribution is -1.95. The SMILES string of the molecule is COc1c2ccccc2c(OC)c2c1c1cc(F)ccc1n2C. The minimum atomic E-state index is -0.265. The molecular weight excluding hydrogens is 293 g/mol. The molecule has 0 spiro atoms. The Kier molecular flexibility index (Phi) is 2.94. The molecule has 0 amide bonds. The lowest BCUT2D eigenvalue weighted by atomic mass is 10.0. The number of halogens is 1. The first-order valence-corrected chi connectivity index (χ1v) is 7.37. The number of ether oxygens (including phenoxy) is 2. The number of benzene rings is 3. The summed E-state index contributed by atoms with van der Waals surface area (Å²) < 4.78 is 27.3. The highest BCUT2D eigenvalue weighted by molar-refractivity contribution is 6.20. The van der Waals surface area contributed by atoms with E-state index >= 15 is 0 Å². The summed E-state index contributed by atoms with van der Waals surface area (Å²) in [7, 11) is 5.26. The van der Waals surface area contributed by atoms with Crippen molar-refractivity contribution < 1.29 is 13.9 Å². The van der Waals surface area contributed by atoms with Crippen LogP contribution in [0.4, 0.5) is 4.39 Å². The van der Waals surface area contributed by atoms with Gasteiger partial charge in [0.2, 0.25) is 0 Å². The Morgan fingerprint density at radius 2 is 1.52 bits per heavy atom. The van der Waals surface area contributed by atoms with Crippen molar-refractivity contribution in [2.45, 2.75) is 0 Å². The number of methoxy groups -OCH3 is 2. The highest BCUT2D eigenvalue weighted by Gasteiger charge is 2.21.